The zero-order chi connectivity index (χ0) is 19.0. The van der Waals surface area contributed by atoms with Gasteiger partial charge in [-0.2, -0.15) is 5.26 Å². The molecule has 8 heteroatoms. The number of allylic oxidation sites excluding steroid dienone is 1. The van der Waals surface area contributed by atoms with Crippen LogP contribution in [0.25, 0.3) is 5.70 Å². The molecule has 2 N–H and O–H groups in total. The van der Waals surface area contributed by atoms with Crippen molar-refractivity contribution < 1.29 is 14.3 Å². The average molecular weight is 364 g/mol. The second-order valence-electron chi connectivity index (χ2n) is 7.36. The van der Waals surface area contributed by atoms with E-state index in [1.54, 1.807) is 10.3 Å². The quantitative estimate of drug-likeness (QED) is 0.807. The van der Waals surface area contributed by atoms with E-state index in [0.29, 0.717) is 16.4 Å². The molecule has 1 amide bonds. The van der Waals surface area contributed by atoms with E-state index < -0.39 is 23.5 Å². The fourth-order valence-electron chi connectivity index (χ4n) is 2.78. The molecule has 1 aromatic heterocycles. The Morgan fingerprint density at radius 2 is 2.20 bits per heavy atom. The topological polar surface area (TPSA) is 101 Å². The molecule has 1 fully saturated rings. The van der Waals surface area contributed by atoms with Gasteiger partial charge >= 0.3 is 6.09 Å². The first kappa shape index (κ1) is 19.2. The molecular weight excluding hydrogens is 340 g/mol. The van der Waals surface area contributed by atoms with Crippen LogP contribution < -0.4 is 5.73 Å². The first-order valence-corrected chi connectivity index (χ1v) is 8.85. The summed E-state index contributed by atoms with van der Waals surface area (Å²) >= 11 is 1.37. The molecule has 0 saturated carbocycles. The molecule has 136 valence electrons. The third kappa shape index (κ3) is 4.11. The van der Waals surface area contributed by atoms with E-state index in [2.05, 4.69) is 4.98 Å². The molecule has 0 bridgehead atoms. The van der Waals surface area contributed by atoms with Crippen molar-refractivity contribution in [3.63, 3.8) is 0 Å². The highest BCUT2D eigenvalue weighted by atomic mass is 32.1. The number of thiazole rings is 1. The van der Waals surface area contributed by atoms with Gasteiger partial charge in [0, 0.05) is 11.5 Å². The molecule has 0 aliphatic carbocycles. The van der Waals surface area contributed by atoms with Gasteiger partial charge in [0.25, 0.3) is 0 Å². The zero-order valence-corrected chi connectivity index (χ0v) is 16.2. The Hall–Kier alpha value is -2.11. The Balaban J connectivity index is 2.38. The van der Waals surface area contributed by atoms with E-state index in [4.69, 9.17) is 20.5 Å². The van der Waals surface area contributed by atoms with Crippen molar-refractivity contribution >= 4 is 23.1 Å². The smallest absolute Gasteiger partial charge is 0.413 e. The third-order valence-corrected chi connectivity index (χ3v) is 4.57. The number of hydrogen-bond acceptors (Lipinski definition) is 7. The normalized spacial score (nSPS) is 23.4. The Morgan fingerprint density at radius 1 is 1.56 bits per heavy atom. The Morgan fingerprint density at radius 3 is 2.76 bits per heavy atom. The molecule has 0 radical (unpaired) electrons. The summed E-state index contributed by atoms with van der Waals surface area (Å²) in [5.41, 5.74) is 5.20. The Bertz CT molecular complexity index is 727. The number of ether oxygens (including phenoxy) is 2. The van der Waals surface area contributed by atoms with E-state index in [1.807, 2.05) is 47.6 Å². The second kappa shape index (κ2) is 6.65. The molecule has 0 aromatic carbocycles. The molecule has 1 saturated heterocycles. The lowest BCUT2D eigenvalue weighted by Crippen LogP contribution is -2.47. The monoisotopic (exact) mass is 364 g/mol. The molecule has 7 nitrogen and oxygen atoms in total. The molecular formula is C17H24N4O3S. The summed E-state index contributed by atoms with van der Waals surface area (Å²) in [5, 5.41) is 11.2. The van der Waals surface area contributed by atoms with Crippen LogP contribution in [-0.4, -0.2) is 33.4 Å². The van der Waals surface area contributed by atoms with Gasteiger partial charge in [-0.3, -0.25) is 4.90 Å². The SMILES string of the molecule is C[C@H]1OC(C)(C)N(C(=O)OC(C)(C)C)[C@@H]1c1nc(/C(N)=C/C#N)cs1. The van der Waals surface area contributed by atoms with Crippen LogP contribution in [0.2, 0.25) is 0 Å². The summed E-state index contributed by atoms with van der Waals surface area (Å²) < 4.78 is 11.5. The molecule has 0 unspecified atom stereocenters. The number of nitriles is 1. The highest BCUT2D eigenvalue weighted by Crippen LogP contribution is 2.43. The fourth-order valence-corrected chi connectivity index (χ4v) is 3.78. The van der Waals surface area contributed by atoms with E-state index in [9.17, 15) is 4.79 Å². The maximum atomic E-state index is 12.8. The van der Waals surface area contributed by atoms with Crippen molar-refractivity contribution in [3.05, 3.63) is 22.2 Å². The van der Waals surface area contributed by atoms with E-state index in [-0.39, 0.29) is 6.10 Å². The highest BCUT2D eigenvalue weighted by molar-refractivity contribution is 7.09. The summed E-state index contributed by atoms with van der Waals surface area (Å²) in [6.45, 7) is 11.0. The van der Waals surface area contributed by atoms with Crippen molar-refractivity contribution in [2.24, 2.45) is 5.73 Å². The van der Waals surface area contributed by atoms with Crippen LogP contribution in [0.3, 0.4) is 0 Å². The van der Waals surface area contributed by atoms with Gasteiger partial charge in [-0.15, -0.1) is 11.3 Å². The number of rotatable bonds is 2. The zero-order valence-electron chi connectivity index (χ0n) is 15.4. The maximum Gasteiger partial charge on any atom is 0.413 e. The fraction of sp³-hybridized carbons (Fsp3) is 0.588. The lowest BCUT2D eigenvalue weighted by molar-refractivity contribution is -0.0757. The summed E-state index contributed by atoms with van der Waals surface area (Å²) in [7, 11) is 0. The number of nitrogens with zero attached hydrogens (tertiary/aromatic N) is 3. The number of nitrogens with two attached hydrogens (primary N) is 1. The first-order valence-electron chi connectivity index (χ1n) is 7.97. The largest absolute Gasteiger partial charge is 0.444 e. The standard InChI is InChI=1S/C17H24N4O3S/c1-10-13(14-20-12(9-25-14)11(19)7-8-18)21(17(5,6)23-10)15(22)24-16(2,3)4/h7,9-10,13H,19H2,1-6H3/b11-7-/t10-,13+/m1/s1. The van der Waals surface area contributed by atoms with Crippen LogP contribution in [0, 0.1) is 11.3 Å². The van der Waals surface area contributed by atoms with Crippen LogP contribution >= 0.6 is 11.3 Å². The predicted molar refractivity (Wildman–Crippen MR) is 95.3 cm³/mol. The van der Waals surface area contributed by atoms with Crippen LogP contribution in [0.4, 0.5) is 4.79 Å². The van der Waals surface area contributed by atoms with Crippen molar-refractivity contribution in [2.75, 3.05) is 0 Å². The number of carbonyl (C=O) groups is 1. The molecule has 2 atom stereocenters. The minimum absolute atomic E-state index is 0.261. The summed E-state index contributed by atoms with van der Waals surface area (Å²) in [6, 6.07) is 1.50. The minimum Gasteiger partial charge on any atom is -0.444 e. The molecule has 2 rings (SSSR count). The van der Waals surface area contributed by atoms with Crippen molar-refractivity contribution in [3.8, 4) is 6.07 Å². The van der Waals surface area contributed by atoms with Crippen molar-refractivity contribution in [2.45, 2.75) is 65.0 Å². The summed E-state index contributed by atoms with van der Waals surface area (Å²) in [4.78, 5) is 18.9. The van der Waals surface area contributed by atoms with Crippen molar-refractivity contribution in [1.29, 1.82) is 5.26 Å². The summed E-state index contributed by atoms with van der Waals surface area (Å²) in [6.07, 6.45) is 0.523. The van der Waals surface area contributed by atoms with Crippen LogP contribution in [-0.2, 0) is 9.47 Å². The van der Waals surface area contributed by atoms with E-state index in [1.165, 1.54) is 17.4 Å². The van der Waals surface area contributed by atoms with Gasteiger partial charge in [-0.05, 0) is 41.5 Å². The molecule has 2 heterocycles. The Labute approximate surface area is 152 Å². The third-order valence-electron chi connectivity index (χ3n) is 3.66. The Kier molecular flexibility index (Phi) is 5.11. The summed E-state index contributed by atoms with van der Waals surface area (Å²) in [5.74, 6) is 0. The van der Waals surface area contributed by atoms with Gasteiger partial charge in [-0.1, -0.05) is 0 Å². The van der Waals surface area contributed by atoms with Gasteiger partial charge in [-0.25, -0.2) is 9.78 Å². The van der Waals surface area contributed by atoms with Gasteiger partial charge < -0.3 is 15.2 Å². The van der Waals surface area contributed by atoms with Gasteiger partial charge in [0.05, 0.1) is 23.6 Å². The van der Waals surface area contributed by atoms with Crippen LogP contribution in [0.5, 0.6) is 0 Å². The molecule has 1 aromatic rings. The van der Waals surface area contributed by atoms with Gasteiger partial charge in [0.2, 0.25) is 0 Å². The maximum absolute atomic E-state index is 12.8. The molecule has 0 spiro atoms. The van der Waals surface area contributed by atoms with E-state index >= 15 is 0 Å². The molecule has 25 heavy (non-hydrogen) atoms. The predicted octanol–water partition coefficient (Wildman–Crippen LogP) is 3.40. The number of hydrogen-bond donors (Lipinski definition) is 1. The first-order chi connectivity index (χ1) is 11.5. The van der Waals surface area contributed by atoms with Crippen molar-refractivity contribution in [1.82, 2.24) is 9.88 Å². The number of aromatic nitrogens is 1. The average Bonchev–Trinajstić information content (AvgIpc) is 2.98. The molecule has 1 aliphatic heterocycles. The molecule has 1 aliphatic rings. The number of carbonyl (C=O) groups excluding carboxylic acids is 1. The van der Waals surface area contributed by atoms with Crippen LogP contribution in [0.15, 0.2) is 11.5 Å². The minimum atomic E-state index is -0.827. The highest BCUT2D eigenvalue weighted by Gasteiger charge is 2.51. The van der Waals surface area contributed by atoms with E-state index in [0.717, 1.165) is 0 Å². The second-order valence-corrected chi connectivity index (χ2v) is 8.25. The lowest BCUT2D eigenvalue weighted by Gasteiger charge is -2.34. The van der Waals surface area contributed by atoms with Crippen LogP contribution in [0.1, 0.15) is 58.3 Å². The lowest BCUT2D eigenvalue weighted by atomic mass is 10.1. The van der Waals surface area contributed by atoms with Gasteiger partial charge in [0.1, 0.15) is 22.4 Å². The van der Waals surface area contributed by atoms with Gasteiger partial charge in [0.15, 0.2) is 0 Å². The number of amides is 1.